The average molecular weight is 365 g/mol. The van der Waals surface area contributed by atoms with Gasteiger partial charge in [0, 0.05) is 40.1 Å². The number of rotatable bonds is 7. The third-order valence-corrected chi connectivity index (χ3v) is 5.71. The van der Waals surface area contributed by atoms with Gasteiger partial charge in [-0.25, -0.2) is 9.98 Å². The normalized spacial score (nSPS) is 13.3. The van der Waals surface area contributed by atoms with E-state index < -0.39 is 0 Å². The van der Waals surface area contributed by atoms with Crippen LogP contribution in [0.3, 0.4) is 0 Å². The average Bonchev–Trinajstić information content (AvgIpc) is 3.14. The Bertz CT molecular complexity index is 658. The van der Waals surface area contributed by atoms with Crippen molar-refractivity contribution in [1.82, 2.24) is 15.6 Å². The Morgan fingerprint density at radius 2 is 2.08 bits per heavy atom. The molecular weight excluding hydrogens is 336 g/mol. The lowest BCUT2D eigenvalue weighted by molar-refractivity contribution is 0.645. The van der Waals surface area contributed by atoms with Gasteiger partial charge in [-0.15, -0.1) is 22.7 Å². The van der Waals surface area contributed by atoms with Gasteiger partial charge in [0.2, 0.25) is 0 Å². The van der Waals surface area contributed by atoms with Crippen molar-refractivity contribution in [1.29, 1.82) is 0 Å². The van der Waals surface area contributed by atoms with Crippen LogP contribution in [0, 0.1) is 6.92 Å². The van der Waals surface area contributed by atoms with Crippen LogP contribution in [-0.2, 0) is 13.0 Å². The van der Waals surface area contributed by atoms with Gasteiger partial charge in [0.15, 0.2) is 5.96 Å². The zero-order valence-electron chi connectivity index (χ0n) is 15.2. The van der Waals surface area contributed by atoms with E-state index >= 15 is 0 Å². The van der Waals surface area contributed by atoms with Crippen molar-refractivity contribution in [3.05, 3.63) is 38.0 Å². The van der Waals surface area contributed by atoms with Crippen LogP contribution in [0.2, 0.25) is 0 Å². The van der Waals surface area contributed by atoms with Crippen molar-refractivity contribution in [2.24, 2.45) is 4.99 Å². The van der Waals surface area contributed by atoms with Gasteiger partial charge in [-0.2, -0.15) is 0 Å². The first-order valence-electron chi connectivity index (χ1n) is 8.52. The van der Waals surface area contributed by atoms with Crippen molar-refractivity contribution in [2.75, 3.05) is 6.54 Å². The Morgan fingerprint density at radius 3 is 2.67 bits per heavy atom. The molecule has 0 aromatic carbocycles. The summed E-state index contributed by atoms with van der Waals surface area (Å²) < 4.78 is 0. The Labute approximate surface area is 153 Å². The maximum Gasteiger partial charge on any atom is 0.191 e. The molecule has 0 spiro atoms. The van der Waals surface area contributed by atoms with E-state index in [2.05, 4.69) is 72.7 Å². The minimum Gasteiger partial charge on any atom is -0.357 e. The maximum absolute atomic E-state index is 4.69. The van der Waals surface area contributed by atoms with E-state index in [4.69, 9.17) is 0 Å². The Hall–Kier alpha value is -1.40. The van der Waals surface area contributed by atoms with Crippen LogP contribution < -0.4 is 10.6 Å². The van der Waals surface area contributed by atoms with Crippen LogP contribution >= 0.6 is 22.7 Å². The van der Waals surface area contributed by atoms with E-state index in [0.717, 1.165) is 24.6 Å². The SMILES string of the molecule is CCNC(=NCc1csc(C(C)C)n1)NC(C)Cc1ccc(C)s1. The lowest BCUT2D eigenvalue weighted by Crippen LogP contribution is -2.43. The number of nitrogens with one attached hydrogen (secondary N) is 2. The molecule has 0 amide bonds. The molecule has 2 heterocycles. The fraction of sp³-hybridized carbons (Fsp3) is 0.556. The van der Waals surface area contributed by atoms with E-state index in [9.17, 15) is 0 Å². The van der Waals surface area contributed by atoms with Crippen molar-refractivity contribution >= 4 is 28.6 Å². The highest BCUT2D eigenvalue weighted by molar-refractivity contribution is 7.11. The predicted octanol–water partition coefficient (Wildman–Crippen LogP) is 4.32. The van der Waals surface area contributed by atoms with E-state index in [1.165, 1.54) is 14.8 Å². The van der Waals surface area contributed by atoms with Crippen LogP contribution in [0.4, 0.5) is 0 Å². The highest BCUT2D eigenvalue weighted by atomic mass is 32.1. The third-order valence-electron chi connectivity index (χ3n) is 3.49. The summed E-state index contributed by atoms with van der Waals surface area (Å²) in [5.41, 5.74) is 1.04. The highest BCUT2D eigenvalue weighted by Crippen LogP contribution is 2.19. The first kappa shape index (κ1) is 18.9. The number of aliphatic imine (C=N–C) groups is 1. The summed E-state index contributed by atoms with van der Waals surface area (Å²) in [6.45, 7) is 12.2. The number of nitrogens with zero attached hydrogens (tertiary/aromatic N) is 2. The summed E-state index contributed by atoms with van der Waals surface area (Å²) in [6, 6.07) is 4.73. The second-order valence-electron chi connectivity index (χ2n) is 6.29. The molecule has 0 fully saturated rings. The molecule has 0 aliphatic heterocycles. The number of thiazole rings is 1. The van der Waals surface area contributed by atoms with Gasteiger partial charge >= 0.3 is 0 Å². The molecule has 2 aromatic heterocycles. The Balaban J connectivity index is 1.93. The molecule has 132 valence electrons. The molecule has 0 aliphatic rings. The minimum absolute atomic E-state index is 0.336. The number of aromatic nitrogens is 1. The zero-order valence-corrected chi connectivity index (χ0v) is 16.9. The minimum atomic E-state index is 0.336. The van der Waals surface area contributed by atoms with Crippen LogP contribution in [-0.4, -0.2) is 23.5 Å². The molecule has 0 saturated heterocycles. The molecule has 4 nitrogen and oxygen atoms in total. The second-order valence-corrected chi connectivity index (χ2v) is 8.55. The fourth-order valence-electron chi connectivity index (χ4n) is 2.32. The second kappa shape index (κ2) is 9.18. The fourth-order valence-corrected chi connectivity index (χ4v) is 4.17. The summed E-state index contributed by atoms with van der Waals surface area (Å²) in [6.07, 6.45) is 1.01. The lowest BCUT2D eigenvalue weighted by Gasteiger charge is -2.17. The number of hydrogen-bond acceptors (Lipinski definition) is 4. The van der Waals surface area contributed by atoms with Gasteiger partial charge in [0.05, 0.1) is 17.2 Å². The molecule has 0 saturated carbocycles. The van der Waals surface area contributed by atoms with Crippen LogP contribution in [0.15, 0.2) is 22.5 Å². The monoisotopic (exact) mass is 364 g/mol. The molecule has 0 aliphatic carbocycles. The van der Waals surface area contributed by atoms with Gasteiger partial charge < -0.3 is 10.6 Å². The van der Waals surface area contributed by atoms with E-state index in [-0.39, 0.29) is 0 Å². The zero-order chi connectivity index (χ0) is 17.5. The summed E-state index contributed by atoms with van der Waals surface area (Å²) in [5.74, 6) is 1.34. The largest absolute Gasteiger partial charge is 0.357 e. The number of guanidine groups is 1. The predicted molar refractivity (Wildman–Crippen MR) is 106 cm³/mol. The molecule has 6 heteroatoms. The third kappa shape index (κ3) is 5.91. The molecule has 1 unspecified atom stereocenters. The molecule has 2 N–H and O–H groups in total. The summed E-state index contributed by atoms with van der Waals surface area (Å²) in [4.78, 5) is 12.1. The first-order chi connectivity index (χ1) is 11.5. The van der Waals surface area contributed by atoms with Crippen molar-refractivity contribution in [2.45, 2.75) is 59.5 Å². The number of thiophene rings is 1. The lowest BCUT2D eigenvalue weighted by atomic mass is 10.2. The smallest absolute Gasteiger partial charge is 0.191 e. The van der Waals surface area contributed by atoms with E-state index in [1.54, 1.807) is 11.3 Å². The maximum atomic E-state index is 4.69. The number of aryl methyl sites for hydroxylation is 1. The van der Waals surface area contributed by atoms with Crippen LogP contribution in [0.25, 0.3) is 0 Å². The highest BCUT2D eigenvalue weighted by Gasteiger charge is 2.09. The van der Waals surface area contributed by atoms with Crippen molar-refractivity contribution < 1.29 is 0 Å². The standard InChI is InChI=1S/C18H28N4S2/c1-6-19-18(20-10-15-11-23-17(22-15)12(2)3)21-13(4)9-16-8-7-14(5)24-16/h7-8,11-13H,6,9-10H2,1-5H3,(H2,19,20,21). The van der Waals surface area contributed by atoms with Crippen LogP contribution in [0.1, 0.15) is 54.1 Å². The molecule has 2 rings (SSSR count). The van der Waals surface area contributed by atoms with E-state index in [1.807, 2.05) is 11.3 Å². The van der Waals surface area contributed by atoms with Gasteiger partial charge in [-0.1, -0.05) is 13.8 Å². The molecule has 0 bridgehead atoms. The topological polar surface area (TPSA) is 49.3 Å². The summed E-state index contributed by atoms with van der Waals surface area (Å²) in [5, 5.41) is 10.1. The molecule has 24 heavy (non-hydrogen) atoms. The van der Waals surface area contributed by atoms with Crippen LogP contribution in [0.5, 0.6) is 0 Å². The van der Waals surface area contributed by atoms with Crippen molar-refractivity contribution in [3.63, 3.8) is 0 Å². The molecule has 1 atom stereocenters. The summed E-state index contributed by atoms with van der Waals surface area (Å²) in [7, 11) is 0. The molecular formula is C18H28N4S2. The van der Waals surface area contributed by atoms with Gasteiger partial charge in [0.25, 0.3) is 0 Å². The molecule has 0 radical (unpaired) electrons. The summed E-state index contributed by atoms with van der Waals surface area (Å²) >= 11 is 3.58. The van der Waals surface area contributed by atoms with Crippen molar-refractivity contribution in [3.8, 4) is 0 Å². The quantitative estimate of drug-likeness (QED) is 0.568. The molecule has 2 aromatic rings. The Kier molecular flexibility index (Phi) is 7.24. The van der Waals surface area contributed by atoms with Gasteiger partial charge in [-0.05, 0) is 32.9 Å². The van der Waals surface area contributed by atoms with Gasteiger partial charge in [-0.3, -0.25) is 0 Å². The first-order valence-corrected chi connectivity index (χ1v) is 10.2. The van der Waals surface area contributed by atoms with Gasteiger partial charge in [0.1, 0.15) is 0 Å². The number of hydrogen-bond donors (Lipinski definition) is 2. The Morgan fingerprint density at radius 1 is 1.29 bits per heavy atom. The van der Waals surface area contributed by atoms with E-state index in [0.29, 0.717) is 18.5 Å².